The minimum atomic E-state index is 0.870. The van der Waals surface area contributed by atoms with Gasteiger partial charge in [0.05, 0.1) is 17.6 Å². The standard InChI is InChI=1S/C25H27N3/c1-2-8-16-27(15-7-1)19-25-26-23-11-5-6-12-24(23)28(25)18-20-13-14-21-9-3-4-10-22(21)17-20/h3-6,9-14,17H,1-2,7-8,15-16,18-19H2. The Morgan fingerprint density at radius 2 is 1.46 bits per heavy atom. The zero-order valence-corrected chi connectivity index (χ0v) is 16.3. The molecule has 5 rings (SSSR count). The second-order valence-corrected chi connectivity index (χ2v) is 7.97. The topological polar surface area (TPSA) is 21.1 Å². The van der Waals surface area contributed by atoms with Gasteiger partial charge in [-0.1, -0.05) is 61.4 Å². The van der Waals surface area contributed by atoms with Gasteiger partial charge < -0.3 is 4.57 Å². The SMILES string of the molecule is c1ccc2cc(Cn3c(CN4CCCCCC4)nc4ccccc43)ccc2c1. The van der Waals surface area contributed by atoms with Crippen LogP contribution in [-0.4, -0.2) is 27.5 Å². The predicted octanol–water partition coefficient (Wildman–Crippen LogP) is 5.61. The number of aromatic nitrogens is 2. The Labute approximate surface area is 166 Å². The van der Waals surface area contributed by atoms with Crippen LogP contribution in [0.15, 0.2) is 66.7 Å². The summed E-state index contributed by atoms with van der Waals surface area (Å²) in [4.78, 5) is 7.61. The van der Waals surface area contributed by atoms with Crippen LogP contribution in [0.2, 0.25) is 0 Å². The van der Waals surface area contributed by atoms with E-state index in [-0.39, 0.29) is 0 Å². The summed E-state index contributed by atoms with van der Waals surface area (Å²) in [5.74, 6) is 1.19. The third-order valence-electron chi connectivity index (χ3n) is 5.95. The second-order valence-electron chi connectivity index (χ2n) is 7.97. The molecule has 2 heterocycles. The average molecular weight is 370 g/mol. The summed E-state index contributed by atoms with van der Waals surface area (Å²) in [6, 6.07) is 24.0. The summed E-state index contributed by atoms with van der Waals surface area (Å²) < 4.78 is 2.42. The monoisotopic (exact) mass is 369 g/mol. The van der Waals surface area contributed by atoms with Crippen molar-refractivity contribution in [3.8, 4) is 0 Å². The number of imidazole rings is 1. The van der Waals surface area contributed by atoms with Gasteiger partial charge in [-0.25, -0.2) is 4.98 Å². The van der Waals surface area contributed by atoms with Crippen molar-refractivity contribution in [1.29, 1.82) is 0 Å². The van der Waals surface area contributed by atoms with Crippen LogP contribution in [0.25, 0.3) is 21.8 Å². The quantitative estimate of drug-likeness (QED) is 0.466. The highest BCUT2D eigenvalue weighted by molar-refractivity contribution is 5.83. The Hall–Kier alpha value is -2.65. The van der Waals surface area contributed by atoms with Crippen LogP contribution >= 0.6 is 0 Å². The molecule has 28 heavy (non-hydrogen) atoms. The summed E-state index contributed by atoms with van der Waals surface area (Å²) in [5.41, 5.74) is 3.67. The molecule has 3 aromatic carbocycles. The number of nitrogens with zero attached hydrogens (tertiary/aromatic N) is 3. The van der Waals surface area contributed by atoms with E-state index in [1.165, 1.54) is 66.4 Å². The number of para-hydroxylation sites is 2. The Bertz CT molecular complexity index is 1090. The first kappa shape index (κ1) is 17.4. The van der Waals surface area contributed by atoms with Crippen LogP contribution in [0.5, 0.6) is 0 Å². The van der Waals surface area contributed by atoms with Crippen molar-refractivity contribution in [3.63, 3.8) is 0 Å². The molecule has 1 fully saturated rings. The van der Waals surface area contributed by atoms with E-state index in [0.717, 1.165) is 18.6 Å². The zero-order valence-electron chi connectivity index (χ0n) is 16.3. The number of rotatable bonds is 4. The molecular formula is C25H27N3. The molecule has 1 aliphatic heterocycles. The van der Waals surface area contributed by atoms with E-state index in [4.69, 9.17) is 4.98 Å². The van der Waals surface area contributed by atoms with Gasteiger partial charge in [-0.2, -0.15) is 0 Å². The lowest BCUT2D eigenvalue weighted by Crippen LogP contribution is -2.26. The fourth-order valence-electron chi connectivity index (χ4n) is 4.44. The molecule has 0 saturated carbocycles. The van der Waals surface area contributed by atoms with E-state index in [9.17, 15) is 0 Å². The van der Waals surface area contributed by atoms with Crippen LogP contribution in [0.1, 0.15) is 37.1 Å². The normalized spacial score (nSPS) is 15.9. The Balaban J connectivity index is 1.50. The lowest BCUT2D eigenvalue weighted by Gasteiger charge is -2.20. The molecule has 1 aliphatic rings. The maximum atomic E-state index is 5.02. The minimum Gasteiger partial charge on any atom is -0.322 e. The molecule has 4 aromatic rings. The van der Waals surface area contributed by atoms with Gasteiger partial charge in [0.15, 0.2) is 0 Å². The molecule has 0 spiro atoms. The maximum Gasteiger partial charge on any atom is 0.124 e. The third-order valence-corrected chi connectivity index (χ3v) is 5.95. The lowest BCUT2D eigenvalue weighted by atomic mass is 10.1. The van der Waals surface area contributed by atoms with Gasteiger partial charge >= 0.3 is 0 Å². The fraction of sp³-hybridized carbons (Fsp3) is 0.320. The third kappa shape index (κ3) is 3.55. The Morgan fingerprint density at radius 1 is 0.714 bits per heavy atom. The Kier molecular flexibility index (Phi) is 4.84. The van der Waals surface area contributed by atoms with Crippen LogP contribution in [0.4, 0.5) is 0 Å². The van der Waals surface area contributed by atoms with Crippen molar-refractivity contribution in [2.75, 3.05) is 13.1 Å². The zero-order chi connectivity index (χ0) is 18.8. The van der Waals surface area contributed by atoms with E-state index in [0.29, 0.717) is 0 Å². The van der Waals surface area contributed by atoms with E-state index in [2.05, 4.69) is 76.2 Å². The predicted molar refractivity (Wildman–Crippen MR) is 117 cm³/mol. The largest absolute Gasteiger partial charge is 0.322 e. The highest BCUT2D eigenvalue weighted by atomic mass is 15.2. The number of hydrogen-bond donors (Lipinski definition) is 0. The van der Waals surface area contributed by atoms with Crippen LogP contribution < -0.4 is 0 Å². The fourth-order valence-corrected chi connectivity index (χ4v) is 4.44. The van der Waals surface area contributed by atoms with E-state index >= 15 is 0 Å². The molecule has 1 aromatic heterocycles. The average Bonchev–Trinajstić information content (AvgIpc) is 2.89. The maximum absolute atomic E-state index is 5.02. The van der Waals surface area contributed by atoms with E-state index < -0.39 is 0 Å². The van der Waals surface area contributed by atoms with Gasteiger partial charge in [0.25, 0.3) is 0 Å². The molecule has 0 amide bonds. The van der Waals surface area contributed by atoms with Gasteiger partial charge in [0, 0.05) is 6.54 Å². The molecule has 0 unspecified atom stereocenters. The molecule has 3 nitrogen and oxygen atoms in total. The van der Waals surface area contributed by atoms with Crippen molar-refractivity contribution in [3.05, 3.63) is 78.1 Å². The minimum absolute atomic E-state index is 0.870. The molecule has 142 valence electrons. The first-order valence-corrected chi connectivity index (χ1v) is 10.5. The lowest BCUT2D eigenvalue weighted by molar-refractivity contribution is 0.267. The Morgan fingerprint density at radius 3 is 2.32 bits per heavy atom. The molecule has 0 bridgehead atoms. The van der Waals surface area contributed by atoms with Crippen LogP contribution in [0, 0.1) is 0 Å². The first-order chi connectivity index (χ1) is 13.9. The molecular weight excluding hydrogens is 342 g/mol. The van der Waals surface area contributed by atoms with Gasteiger partial charge in [-0.15, -0.1) is 0 Å². The van der Waals surface area contributed by atoms with Crippen molar-refractivity contribution < 1.29 is 0 Å². The van der Waals surface area contributed by atoms with E-state index in [1.807, 2.05) is 0 Å². The molecule has 0 aliphatic carbocycles. The number of hydrogen-bond acceptors (Lipinski definition) is 2. The van der Waals surface area contributed by atoms with Crippen molar-refractivity contribution in [2.45, 2.75) is 38.8 Å². The van der Waals surface area contributed by atoms with Gasteiger partial charge in [0.1, 0.15) is 5.82 Å². The molecule has 3 heteroatoms. The van der Waals surface area contributed by atoms with Crippen LogP contribution in [0.3, 0.4) is 0 Å². The summed E-state index contributed by atoms with van der Waals surface area (Å²) in [7, 11) is 0. The van der Waals surface area contributed by atoms with E-state index in [1.54, 1.807) is 0 Å². The number of fused-ring (bicyclic) bond motifs is 2. The molecule has 0 radical (unpaired) electrons. The summed E-state index contributed by atoms with van der Waals surface area (Å²) in [6.07, 6.45) is 5.35. The van der Waals surface area contributed by atoms with Crippen molar-refractivity contribution in [1.82, 2.24) is 14.5 Å². The second kappa shape index (κ2) is 7.76. The van der Waals surface area contributed by atoms with Crippen molar-refractivity contribution in [2.24, 2.45) is 0 Å². The highest BCUT2D eigenvalue weighted by Gasteiger charge is 2.16. The summed E-state index contributed by atoms with van der Waals surface area (Å²) in [6.45, 7) is 4.20. The van der Waals surface area contributed by atoms with Crippen molar-refractivity contribution >= 4 is 21.8 Å². The molecule has 0 atom stereocenters. The smallest absolute Gasteiger partial charge is 0.124 e. The first-order valence-electron chi connectivity index (χ1n) is 10.5. The van der Waals surface area contributed by atoms with Gasteiger partial charge in [0.2, 0.25) is 0 Å². The van der Waals surface area contributed by atoms with Gasteiger partial charge in [-0.05, 0) is 60.5 Å². The summed E-state index contributed by atoms with van der Waals surface area (Å²) >= 11 is 0. The molecule has 1 saturated heterocycles. The highest BCUT2D eigenvalue weighted by Crippen LogP contribution is 2.22. The number of likely N-dealkylation sites (tertiary alicyclic amines) is 1. The number of benzene rings is 3. The molecule has 0 N–H and O–H groups in total. The summed E-state index contributed by atoms with van der Waals surface area (Å²) in [5, 5.41) is 2.60. The van der Waals surface area contributed by atoms with Crippen LogP contribution in [-0.2, 0) is 13.1 Å². The van der Waals surface area contributed by atoms with Gasteiger partial charge in [-0.3, -0.25) is 4.90 Å².